The van der Waals surface area contributed by atoms with Crippen LogP contribution < -0.4 is 0 Å². The van der Waals surface area contributed by atoms with Crippen molar-refractivity contribution in [2.75, 3.05) is 0 Å². The molecule has 1 aromatic heterocycles. The van der Waals surface area contributed by atoms with Gasteiger partial charge in [0.25, 0.3) is 9.05 Å². The maximum atomic E-state index is 11.3. The maximum Gasteiger partial charge on any atom is 0.261 e. The zero-order valence-electron chi connectivity index (χ0n) is 8.64. The fraction of sp³-hybridized carbons (Fsp3) is 0. The van der Waals surface area contributed by atoms with Crippen molar-refractivity contribution in [3.8, 4) is 0 Å². The molecular formula is C12H8ClNO2S. The zero-order chi connectivity index (χ0) is 12.0. The molecule has 17 heavy (non-hydrogen) atoms. The van der Waals surface area contributed by atoms with Crippen LogP contribution in [-0.2, 0) is 9.05 Å². The third kappa shape index (κ3) is 1.69. The number of fused-ring (bicyclic) bond motifs is 3. The quantitative estimate of drug-likeness (QED) is 0.687. The molecule has 0 radical (unpaired) electrons. The van der Waals surface area contributed by atoms with Crippen LogP contribution in [0, 0.1) is 0 Å². The Bertz CT molecular complexity index is 821. The highest BCUT2D eigenvalue weighted by molar-refractivity contribution is 8.13. The van der Waals surface area contributed by atoms with E-state index >= 15 is 0 Å². The van der Waals surface area contributed by atoms with Gasteiger partial charge in [-0.1, -0.05) is 18.2 Å². The lowest BCUT2D eigenvalue weighted by Crippen LogP contribution is -1.89. The minimum atomic E-state index is -3.68. The van der Waals surface area contributed by atoms with E-state index in [0.29, 0.717) is 0 Å². The highest BCUT2D eigenvalue weighted by Gasteiger charge is 2.12. The van der Waals surface area contributed by atoms with E-state index in [9.17, 15) is 8.42 Å². The predicted molar refractivity (Wildman–Crippen MR) is 68.8 cm³/mol. The second-order valence-electron chi connectivity index (χ2n) is 3.82. The van der Waals surface area contributed by atoms with Gasteiger partial charge in [0.05, 0.1) is 4.90 Å². The Hall–Kier alpha value is -1.52. The van der Waals surface area contributed by atoms with Gasteiger partial charge in [-0.25, -0.2) is 8.42 Å². The van der Waals surface area contributed by atoms with Crippen molar-refractivity contribution in [3.63, 3.8) is 0 Å². The van der Waals surface area contributed by atoms with E-state index in [1.54, 1.807) is 12.1 Å². The van der Waals surface area contributed by atoms with E-state index in [1.807, 2.05) is 24.3 Å². The first-order valence-electron chi connectivity index (χ1n) is 5.01. The molecule has 86 valence electrons. The number of halogens is 1. The molecule has 0 unspecified atom stereocenters. The summed E-state index contributed by atoms with van der Waals surface area (Å²) in [5.41, 5.74) is 1.88. The molecule has 0 amide bonds. The van der Waals surface area contributed by atoms with Gasteiger partial charge in [0.1, 0.15) is 0 Å². The lowest BCUT2D eigenvalue weighted by atomic mass is 10.1. The number of hydrogen-bond donors (Lipinski definition) is 1. The van der Waals surface area contributed by atoms with Gasteiger partial charge in [-0.15, -0.1) is 0 Å². The summed E-state index contributed by atoms with van der Waals surface area (Å²) in [5.74, 6) is 0. The van der Waals surface area contributed by atoms with Crippen molar-refractivity contribution >= 4 is 41.5 Å². The van der Waals surface area contributed by atoms with Gasteiger partial charge >= 0.3 is 0 Å². The molecule has 0 spiro atoms. The topological polar surface area (TPSA) is 49.9 Å². The van der Waals surface area contributed by atoms with Crippen molar-refractivity contribution in [2.45, 2.75) is 4.90 Å². The molecule has 2 aromatic carbocycles. The van der Waals surface area contributed by atoms with E-state index < -0.39 is 9.05 Å². The number of hydrogen-bond acceptors (Lipinski definition) is 2. The van der Waals surface area contributed by atoms with Gasteiger partial charge in [-0.05, 0) is 24.3 Å². The number of benzene rings is 2. The van der Waals surface area contributed by atoms with E-state index in [-0.39, 0.29) is 4.90 Å². The van der Waals surface area contributed by atoms with Crippen LogP contribution in [0.2, 0.25) is 0 Å². The Morgan fingerprint density at radius 3 is 2.41 bits per heavy atom. The second-order valence-corrected chi connectivity index (χ2v) is 6.38. The third-order valence-electron chi connectivity index (χ3n) is 2.76. The molecule has 0 atom stereocenters. The Morgan fingerprint density at radius 1 is 0.941 bits per heavy atom. The molecule has 0 bridgehead atoms. The van der Waals surface area contributed by atoms with Gasteiger partial charge in [0, 0.05) is 32.5 Å². The van der Waals surface area contributed by atoms with Crippen molar-refractivity contribution < 1.29 is 8.42 Å². The highest BCUT2D eigenvalue weighted by atomic mass is 35.7. The third-order valence-corrected chi connectivity index (χ3v) is 4.11. The molecule has 0 saturated carbocycles. The molecule has 0 saturated heterocycles. The summed E-state index contributed by atoms with van der Waals surface area (Å²) in [6.45, 7) is 0. The summed E-state index contributed by atoms with van der Waals surface area (Å²) in [4.78, 5) is 3.34. The molecular weight excluding hydrogens is 258 g/mol. The van der Waals surface area contributed by atoms with E-state index in [4.69, 9.17) is 10.7 Å². The molecule has 0 aliphatic carbocycles. The van der Waals surface area contributed by atoms with Crippen LogP contribution in [0.1, 0.15) is 0 Å². The van der Waals surface area contributed by atoms with Gasteiger partial charge in [0.2, 0.25) is 0 Å². The summed E-state index contributed by atoms with van der Waals surface area (Å²) in [7, 11) is 1.66. The van der Waals surface area contributed by atoms with Crippen LogP contribution in [0.5, 0.6) is 0 Å². The molecule has 0 fully saturated rings. The number of para-hydroxylation sites is 1. The number of rotatable bonds is 1. The summed E-state index contributed by atoms with van der Waals surface area (Å²) in [5, 5.41) is 1.85. The summed E-state index contributed by atoms with van der Waals surface area (Å²) < 4.78 is 22.6. The molecule has 0 aliphatic heterocycles. The summed E-state index contributed by atoms with van der Waals surface area (Å²) in [6, 6.07) is 12.6. The normalized spacial score (nSPS) is 12.3. The Balaban J connectivity index is 2.46. The van der Waals surface area contributed by atoms with Crippen LogP contribution in [-0.4, -0.2) is 13.4 Å². The molecule has 3 aromatic rings. The zero-order valence-corrected chi connectivity index (χ0v) is 10.2. The monoisotopic (exact) mass is 265 g/mol. The smallest absolute Gasteiger partial charge is 0.261 e. The Morgan fingerprint density at radius 2 is 1.65 bits per heavy atom. The first kappa shape index (κ1) is 10.6. The largest absolute Gasteiger partial charge is 0.355 e. The van der Waals surface area contributed by atoms with Crippen molar-refractivity contribution in [1.82, 2.24) is 4.98 Å². The van der Waals surface area contributed by atoms with Crippen LogP contribution in [0.25, 0.3) is 21.8 Å². The number of aromatic nitrogens is 1. The first-order valence-corrected chi connectivity index (χ1v) is 7.32. The van der Waals surface area contributed by atoms with Gasteiger partial charge in [-0.2, -0.15) is 0 Å². The van der Waals surface area contributed by atoms with E-state index in [1.165, 1.54) is 6.07 Å². The Kier molecular flexibility index (Phi) is 2.18. The van der Waals surface area contributed by atoms with Gasteiger partial charge < -0.3 is 4.98 Å². The molecule has 5 heteroatoms. The highest BCUT2D eigenvalue weighted by Crippen LogP contribution is 2.28. The SMILES string of the molecule is O=S(=O)(Cl)c1ccc2[nH]c3ccccc3c2c1. The molecule has 3 nitrogen and oxygen atoms in total. The summed E-state index contributed by atoms with van der Waals surface area (Å²) in [6.07, 6.45) is 0. The van der Waals surface area contributed by atoms with Crippen LogP contribution in [0.3, 0.4) is 0 Å². The van der Waals surface area contributed by atoms with Crippen molar-refractivity contribution in [1.29, 1.82) is 0 Å². The minimum Gasteiger partial charge on any atom is -0.355 e. The van der Waals surface area contributed by atoms with E-state index in [0.717, 1.165) is 21.8 Å². The molecule has 0 aliphatic rings. The average Bonchev–Trinajstić information content (AvgIpc) is 2.65. The fourth-order valence-corrected chi connectivity index (χ4v) is 2.76. The standard InChI is InChI=1S/C12H8ClNO2S/c13-17(15,16)8-5-6-12-10(7-8)9-3-1-2-4-11(9)14-12/h1-7,14H. The van der Waals surface area contributed by atoms with Crippen LogP contribution in [0.4, 0.5) is 0 Å². The summed E-state index contributed by atoms with van der Waals surface area (Å²) >= 11 is 0. The first-order chi connectivity index (χ1) is 8.05. The minimum absolute atomic E-state index is 0.122. The molecule has 1 heterocycles. The fourth-order valence-electron chi connectivity index (χ4n) is 1.98. The lowest BCUT2D eigenvalue weighted by molar-refractivity contribution is 0.609. The number of nitrogens with one attached hydrogen (secondary N) is 1. The maximum absolute atomic E-state index is 11.3. The van der Waals surface area contributed by atoms with Crippen molar-refractivity contribution in [2.24, 2.45) is 0 Å². The molecule has 3 rings (SSSR count). The van der Waals surface area contributed by atoms with E-state index in [2.05, 4.69) is 4.98 Å². The van der Waals surface area contributed by atoms with Crippen LogP contribution >= 0.6 is 10.7 Å². The van der Waals surface area contributed by atoms with Gasteiger partial charge in [0.15, 0.2) is 0 Å². The predicted octanol–water partition coefficient (Wildman–Crippen LogP) is 3.25. The van der Waals surface area contributed by atoms with Gasteiger partial charge in [-0.3, -0.25) is 0 Å². The average molecular weight is 266 g/mol. The molecule has 1 N–H and O–H groups in total. The van der Waals surface area contributed by atoms with Crippen molar-refractivity contribution in [3.05, 3.63) is 42.5 Å². The lowest BCUT2D eigenvalue weighted by Gasteiger charge is -1.96. The number of aromatic amines is 1. The second kappa shape index (κ2) is 3.48. The Labute approximate surface area is 102 Å². The van der Waals surface area contributed by atoms with Crippen LogP contribution in [0.15, 0.2) is 47.4 Å². The number of H-pyrrole nitrogens is 1.